The molecule has 3 rings (SSSR count). The van der Waals surface area contributed by atoms with E-state index in [9.17, 15) is 0 Å². The smallest absolute Gasteiger partial charge is 0.0447 e. The normalized spacial score (nSPS) is 11.5. The molecule has 0 N–H and O–H groups in total. The summed E-state index contributed by atoms with van der Waals surface area (Å²) in [5.41, 5.74) is 3.79. The van der Waals surface area contributed by atoms with Crippen LogP contribution >= 0.6 is 11.6 Å². The minimum Gasteiger partial charge on any atom is -0.0840 e. The molecule has 0 radical (unpaired) electrons. The third-order valence-electron chi connectivity index (χ3n) is 4.11. The lowest BCUT2D eigenvalue weighted by molar-refractivity contribution is 0.878. The van der Waals surface area contributed by atoms with E-state index in [-0.39, 0.29) is 5.04 Å². The average Bonchev–Trinajstić information content (AvgIpc) is 2.56. The Morgan fingerprint density at radius 2 is 1.05 bits per heavy atom. The molecule has 0 fully saturated rings. The summed E-state index contributed by atoms with van der Waals surface area (Å²) in [5, 5.41) is 0.709. The van der Waals surface area contributed by atoms with Gasteiger partial charge in [0.15, 0.2) is 0 Å². The van der Waals surface area contributed by atoms with E-state index in [1.165, 1.54) is 16.7 Å². The zero-order valence-electron chi connectivity index (χ0n) is 12.0. The van der Waals surface area contributed by atoms with Crippen molar-refractivity contribution in [3.63, 3.8) is 0 Å². The molecular formula is C19H17ClSi. The third-order valence-corrected chi connectivity index (χ3v) is 6.14. The first-order chi connectivity index (χ1) is 10.2. The van der Waals surface area contributed by atoms with Gasteiger partial charge in [0.2, 0.25) is 0 Å². The molecular weight excluding hydrogens is 292 g/mol. The van der Waals surface area contributed by atoms with Crippen molar-refractivity contribution in [2.24, 2.45) is 0 Å². The van der Waals surface area contributed by atoms with Crippen molar-refractivity contribution in [2.45, 2.75) is 5.04 Å². The lowest BCUT2D eigenvalue weighted by atomic mass is 9.83. The summed E-state index contributed by atoms with van der Waals surface area (Å²) in [5.74, 6) is 0. The van der Waals surface area contributed by atoms with Crippen LogP contribution in [0.5, 0.6) is 0 Å². The van der Waals surface area contributed by atoms with Gasteiger partial charge in [0.05, 0.1) is 0 Å². The van der Waals surface area contributed by atoms with E-state index in [0.29, 0.717) is 0 Å². The van der Waals surface area contributed by atoms with Gasteiger partial charge in [-0.3, -0.25) is 0 Å². The predicted octanol–water partition coefficient (Wildman–Crippen LogP) is 4.00. The highest BCUT2D eigenvalue weighted by Crippen LogP contribution is 2.39. The molecule has 0 aliphatic heterocycles. The van der Waals surface area contributed by atoms with Gasteiger partial charge in [-0.1, -0.05) is 90.5 Å². The van der Waals surface area contributed by atoms with Crippen molar-refractivity contribution >= 4 is 21.8 Å². The van der Waals surface area contributed by atoms with Crippen LogP contribution in [-0.4, -0.2) is 10.2 Å². The SMILES string of the molecule is [SiH3]C(c1ccccc1)(c1ccccc1)c1ccccc1Cl. The minimum atomic E-state index is -0.124. The highest BCUT2D eigenvalue weighted by Gasteiger charge is 2.32. The third kappa shape index (κ3) is 2.55. The molecule has 0 atom stereocenters. The summed E-state index contributed by atoms with van der Waals surface area (Å²) in [6.07, 6.45) is 0. The molecule has 0 amide bonds. The van der Waals surface area contributed by atoms with E-state index in [4.69, 9.17) is 11.6 Å². The molecule has 0 heterocycles. The summed E-state index contributed by atoms with van der Waals surface area (Å²) in [6, 6.07) is 29.5. The molecule has 0 spiro atoms. The molecule has 0 saturated heterocycles. The lowest BCUT2D eigenvalue weighted by Gasteiger charge is -2.32. The van der Waals surface area contributed by atoms with E-state index in [1.54, 1.807) is 0 Å². The molecule has 21 heavy (non-hydrogen) atoms. The number of hydrogen-bond donors (Lipinski definition) is 0. The quantitative estimate of drug-likeness (QED) is 0.507. The van der Waals surface area contributed by atoms with Gasteiger partial charge in [-0.25, -0.2) is 0 Å². The second-order valence-corrected chi connectivity index (χ2v) is 7.24. The first kappa shape index (κ1) is 14.1. The van der Waals surface area contributed by atoms with Gasteiger partial charge in [0.1, 0.15) is 0 Å². The fourth-order valence-electron chi connectivity index (χ4n) is 2.89. The Balaban J connectivity index is 2.29. The Morgan fingerprint density at radius 3 is 1.52 bits per heavy atom. The molecule has 0 unspecified atom stereocenters. The van der Waals surface area contributed by atoms with Crippen molar-refractivity contribution in [3.05, 3.63) is 107 Å². The Morgan fingerprint density at radius 1 is 0.619 bits per heavy atom. The highest BCUT2D eigenvalue weighted by molar-refractivity contribution is 6.33. The maximum absolute atomic E-state index is 6.53. The topological polar surface area (TPSA) is 0 Å². The molecule has 0 aliphatic carbocycles. The Kier molecular flexibility index (Phi) is 3.96. The lowest BCUT2D eigenvalue weighted by Crippen LogP contribution is -2.30. The van der Waals surface area contributed by atoms with Crippen LogP contribution in [0.15, 0.2) is 84.9 Å². The second-order valence-electron chi connectivity index (χ2n) is 5.34. The Hall–Kier alpha value is -1.83. The van der Waals surface area contributed by atoms with Gasteiger partial charge >= 0.3 is 0 Å². The standard InChI is InChI=1S/C19H17ClSi/c20-18-14-8-7-13-17(18)19(21,15-9-3-1-4-10-15)16-11-5-2-6-12-16/h1-14H,21H3. The molecule has 3 aromatic carbocycles. The van der Waals surface area contributed by atoms with Crippen molar-refractivity contribution in [1.82, 2.24) is 0 Å². The zero-order valence-corrected chi connectivity index (χ0v) is 14.7. The van der Waals surface area contributed by atoms with E-state index in [2.05, 4.69) is 72.8 Å². The number of rotatable bonds is 3. The summed E-state index contributed by atoms with van der Waals surface area (Å²) in [6.45, 7) is 0. The number of halogens is 1. The molecule has 3 aromatic rings. The first-order valence-corrected chi connectivity index (χ1v) is 8.47. The molecule has 0 nitrogen and oxygen atoms in total. The van der Waals surface area contributed by atoms with Gasteiger partial charge in [-0.15, -0.1) is 0 Å². The molecule has 104 valence electrons. The van der Waals surface area contributed by atoms with Crippen LogP contribution in [0.1, 0.15) is 16.7 Å². The summed E-state index contributed by atoms with van der Waals surface area (Å²) in [7, 11) is 0.945. The summed E-state index contributed by atoms with van der Waals surface area (Å²) in [4.78, 5) is 0. The molecule has 2 heteroatoms. The van der Waals surface area contributed by atoms with Crippen LogP contribution in [0.2, 0.25) is 5.02 Å². The molecule has 0 bridgehead atoms. The van der Waals surface area contributed by atoms with Crippen molar-refractivity contribution in [1.29, 1.82) is 0 Å². The van der Waals surface area contributed by atoms with Crippen LogP contribution in [0.3, 0.4) is 0 Å². The van der Waals surface area contributed by atoms with E-state index < -0.39 is 0 Å². The average molecular weight is 309 g/mol. The second kappa shape index (κ2) is 5.88. The predicted molar refractivity (Wildman–Crippen MR) is 94.2 cm³/mol. The van der Waals surface area contributed by atoms with Crippen molar-refractivity contribution in [3.8, 4) is 0 Å². The minimum absolute atomic E-state index is 0.124. The van der Waals surface area contributed by atoms with Crippen LogP contribution < -0.4 is 0 Å². The van der Waals surface area contributed by atoms with Crippen LogP contribution in [0.25, 0.3) is 0 Å². The number of benzene rings is 3. The summed E-state index contributed by atoms with van der Waals surface area (Å²) < 4.78 is 0. The van der Waals surface area contributed by atoms with Gasteiger partial charge in [-0.2, -0.15) is 0 Å². The fraction of sp³-hybridized carbons (Fsp3) is 0.0526. The van der Waals surface area contributed by atoms with Gasteiger partial charge in [0, 0.05) is 20.3 Å². The maximum Gasteiger partial charge on any atom is 0.0447 e. The van der Waals surface area contributed by atoms with E-state index >= 15 is 0 Å². The van der Waals surface area contributed by atoms with Crippen LogP contribution in [0, 0.1) is 0 Å². The molecule has 0 saturated carbocycles. The highest BCUT2D eigenvalue weighted by atomic mass is 35.5. The van der Waals surface area contributed by atoms with Crippen LogP contribution in [-0.2, 0) is 5.04 Å². The Labute approximate surface area is 133 Å². The zero-order chi connectivity index (χ0) is 14.7. The first-order valence-electron chi connectivity index (χ1n) is 7.09. The Bertz CT molecular complexity index is 683. The van der Waals surface area contributed by atoms with Gasteiger partial charge in [-0.05, 0) is 22.8 Å². The molecule has 0 aliphatic rings. The summed E-state index contributed by atoms with van der Waals surface area (Å²) >= 11 is 6.53. The van der Waals surface area contributed by atoms with E-state index in [1.807, 2.05) is 12.1 Å². The monoisotopic (exact) mass is 308 g/mol. The largest absolute Gasteiger partial charge is 0.0840 e. The number of hydrogen-bond acceptors (Lipinski definition) is 0. The molecule has 0 aromatic heterocycles. The maximum atomic E-state index is 6.53. The van der Waals surface area contributed by atoms with Crippen molar-refractivity contribution in [2.75, 3.05) is 0 Å². The van der Waals surface area contributed by atoms with Gasteiger partial charge < -0.3 is 0 Å². The van der Waals surface area contributed by atoms with E-state index in [0.717, 1.165) is 15.3 Å². The van der Waals surface area contributed by atoms with Crippen molar-refractivity contribution < 1.29 is 0 Å². The fourth-order valence-corrected chi connectivity index (χ4v) is 4.47. The van der Waals surface area contributed by atoms with Gasteiger partial charge in [0.25, 0.3) is 0 Å². The van der Waals surface area contributed by atoms with Crippen LogP contribution in [0.4, 0.5) is 0 Å².